The van der Waals surface area contributed by atoms with E-state index in [0.29, 0.717) is 11.0 Å². The molecule has 0 bridgehead atoms. The molecule has 3 N–H and O–H groups in total. The molecule has 0 saturated carbocycles. The third-order valence-corrected chi connectivity index (χ3v) is 5.04. The summed E-state index contributed by atoms with van der Waals surface area (Å²) < 4.78 is 0. The Balaban J connectivity index is 1.81. The van der Waals surface area contributed by atoms with Gasteiger partial charge in [-0.2, -0.15) is 0 Å². The highest BCUT2D eigenvalue weighted by molar-refractivity contribution is 7.19. The maximum absolute atomic E-state index is 11.1. The largest absolute Gasteiger partial charge is 0.351 e. The number of nitrogens with zero attached hydrogens (tertiary/aromatic N) is 3. The number of aromatic nitrogens is 3. The fourth-order valence-electron chi connectivity index (χ4n) is 2.86. The second-order valence-electron chi connectivity index (χ2n) is 5.67. The van der Waals surface area contributed by atoms with Crippen molar-refractivity contribution in [3.63, 3.8) is 0 Å². The summed E-state index contributed by atoms with van der Waals surface area (Å²) in [7, 11) is 0. The molecule has 1 aliphatic rings. The van der Waals surface area contributed by atoms with Crippen molar-refractivity contribution in [1.29, 1.82) is 0 Å². The molecule has 7 heteroatoms. The molecule has 2 aromatic heterocycles. The van der Waals surface area contributed by atoms with Gasteiger partial charge < -0.3 is 5.73 Å². The number of rotatable bonds is 2. The molecule has 2 heterocycles. The van der Waals surface area contributed by atoms with Crippen LogP contribution in [0, 0.1) is 6.92 Å². The van der Waals surface area contributed by atoms with Gasteiger partial charge in [0.05, 0.1) is 16.3 Å². The molecule has 1 aliphatic carbocycles. The molecule has 3 aromatic rings. The lowest BCUT2D eigenvalue weighted by Crippen LogP contribution is -2.19. The number of benzene rings is 1. The van der Waals surface area contributed by atoms with Crippen LogP contribution < -0.4 is 11.1 Å². The average Bonchev–Trinajstić information content (AvgIpc) is 2.97. The average molecular weight is 337 g/mol. The molecule has 4 rings (SSSR count). The van der Waals surface area contributed by atoms with E-state index in [1.807, 2.05) is 37.4 Å². The summed E-state index contributed by atoms with van der Waals surface area (Å²) in [5, 5.41) is 3.06. The standard InChI is InChI=1S/C17H15N5OS/c1-9-4-2-3-5-11(9)15-19-8-10-6-7-12-14(13(10)21-15)24-17(20-12)22-16(18)23/h2-5,8H,6-7H2,1H3,(H3,18,20,22,23). The van der Waals surface area contributed by atoms with E-state index < -0.39 is 6.03 Å². The summed E-state index contributed by atoms with van der Waals surface area (Å²) in [6.07, 6.45) is 3.55. The van der Waals surface area contributed by atoms with E-state index in [1.165, 1.54) is 11.3 Å². The lowest BCUT2D eigenvalue weighted by atomic mass is 9.99. The van der Waals surface area contributed by atoms with Gasteiger partial charge in [0.15, 0.2) is 11.0 Å². The Kier molecular flexibility index (Phi) is 3.50. The number of thiazole rings is 1. The van der Waals surface area contributed by atoms with Crippen LogP contribution >= 0.6 is 11.3 Å². The molecule has 1 aromatic carbocycles. The van der Waals surface area contributed by atoms with E-state index in [9.17, 15) is 4.79 Å². The number of nitrogens with one attached hydrogen (secondary N) is 1. The first-order valence-corrected chi connectivity index (χ1v) is 8.42. The van der Waals surface area contributed by atoms with Gasteiger partial charge in [0.2, 0.25) is 0 Å². The lowest BCUT2D eigenvalue weighted by Gasteiger charge is -2.15. The third-order valence-electron chi connectivity index (χ3n) is 4.02. The number of carbonyl (C=O) groups is 1. The quantitative estimate of drug-likeness (QED) is 0.751. The van der Waals surface area contributed by atoms with E-state index in [4.69, 9.17) is 10.7 Å². The summed E-state index contributed by atoms with van der Waals surface area (Å²) in [5.74, 6) is 0.706. The Morgan fingerprint density at radius 3 is 2.88 bits per heavy atom. The van der Waals surface area contributed by atoms with E-state index in [0.717, 1.165) is 45.8 Å². The van der Waals surface area contributed by atoms with Crippen LogP contribution in [0.3, 0.4) is 0 Å². The first kappa shape index (κ1) is 14.8. The maximum atomic E-state index is 11.1. The van der Waals surface area contributed by atoms with Crippen molar-refractivity contribution < 1.29 is 4.79 Å². The van der Waals surface area contributed by atoms with Gasteiger partial charge in [0.25, 0.3) is 0 Å². The Labute approximate surface area is 142 Å². The molecule has 6 nitrogen and oxygen atoms in total. The number of anilines is 1. The van der Waals surface area contributed by atoms with Crippen molar-refractivity contribution in [2.75, 3.05) is 5.32 Å². The van der Waals surface area contributed by atoms with Crippen LogP contribution in [0.5, 0.6) is 0 Å². The minimum Gasteiger partial charge on any atom is -0.351 e. The van der Waals surface area contributed by atoms with Gasteiger partial charge in [-0.1, -0.05) is 35.6 Å². The third kappa shape index (κ3) is 2.52. The minimum absolute atomic E-state index is 0.511. The number of fused-ring (bicyclic) bond motifs is 3. The highest BCUT2D eigenvalue weighted by Crippen LogP contribution is 2.39. The van der Waals surface area contributed by atoms with Gasteiger partial charge in [-0.25, -0.2) is 19.7 Å². The zero-order chi connectivity index (χ0) is 16.7. The van der Waals surface area contributed by atoms with E-state index in [1.54, 1.807) is 0 Å². The first-order valence-electron chi connectivity index (χ1n) is 7.60. The molecule has 24 heavy (non-hydrogen) atoms. The van der Waals surface area contributed by atoms with E-state index in [2.05, 4.69) is 15.3 Å². The van der Waals surface area contributed by atoms with Crippen molar-refractivity contribution in [1.82, 2.24) is 15.0 Å². The Morgan fingerprint density at radius 1 is 1.25 bits per heavy atom. The number of urea groups is 1. The maximum Gasteiger partial charge on any atom is 0.318 e. The number of primary amides is 1. The highest BCUT2D eigenvalue weighted by Gasteiger charge is 2.24. The van der Waals surface area contributed by atoms with Crippen LogP contribution in [0.1, 0.15) is 16.8 Å². The van der Waals surface area contributed by atoms with Gasteiger partial charge in [0.1, 0.15) is 0 Å². The molecule has 0 radical (unpaired) electrons. The second kappa shape index (κ2) is 5.68. The molecule has 120 valence electrons. The zero-order valence-corrected chi connectivity index (χ0v) is 13.9. The lowest BCUT2D eigenvalue weighted by molar-refractivity contribution is 0.259. The SMILES string of the molecule is Cc1ccccc1-c1ncc2c(n1)-c1sc(NC(N)=O)nc1CC2. The fourth-order valence-corrected chi connectivity index (χ4v) is 3.90. The number of hydrogen-bond donors (Lipinski definition) is 2. The van der Waals surface area contributed by atoms with Gasteiger partial charge in [0, 0.05) is 11.8 Å². The Morgan fingerprint density at radius 2 is 2.08 bits per heavy atom. The van der Waals surface area contributed by atoms with Crippen LogP contribution in [0.4, 0.5) is 9.93 Å². The van der Waals surface area contributed by atoms with Crippen molar-refractivity contribution in [2.45, 2.75) is 19.8 Å². The first-order chi connectivity index (χ1) is 11.6. The van der Waals surface area contributed by atoms with Crippen molar-refractivity contribution in [2.24, 2.45) is 5.73 Å². The van der Waals surface area contributed by atoms with Gasteiger partial charge in [-0.05, 0) is 30.9 Å². The molecular weight excluding hydrogens is 322 g/mol. The topological polar surface area (TPSA) is 93.8 Å². The number of hydrogen-bond acceptors (Lipinski definition) is 5. The van der Waals surface area contributed by atoms with Crippen LogP contribution in [0.25, 0.3) is 22.0 Å². The molecule has 0 unspecified atom stereocenters. The van der Waals surface area contributed by atoms with Crippen LogP contribution in [0.15, 0.2) is 30.5 Å². The summed E-state index contributed by atoms with van der Waals surface area (Å²) >= 11 is 1.40. The number of aryl methyl sites for hydroxylation is 3. The van der Waals surface area contributed by atoms with E-state index in [-0.39, 0.29) is 0 Å². The molecule has 0 fully saturated rings. The van der Waals surface area contributed by atoms with Crippen molar-refractivity contribution >= 4 is 22.5 Å². The molecule has 0 spiro atoms. The number of carbonyl (C=O) groups excluding carboxylic acids is 1. The molecule has 0 atom stereocenters. The van der Waals surface area contributed by atoms with Crippen LogP contribution in [0.2, 0.25) is 0 Å². The summed E-state index contributed by atoms with van der Waals surface area (Å²) in [4.78, 5) is 25.8. The molecule has 2 amide bonds. The second-order valence-corrected chi connectivity index (χ2v) is 6.67. The minimum atomic E-state index is -0.607. The normalized spacial score (nSPS) is 12.4. The Hall–Kier alpha value is -2.80. The van der Waals surface area contributed by atoms with Crippen molar-refractivity contribution in [3.8, 4) is 22.0 Å². The van der Waals surface area contributed by atoms with Gasteiger partial charge in [-0.15, -0.1) is 0 Å². The zero-order valence-electron chi connectivity index (χ0n) is 13.0. The molecule has 0 saturated heterocycles. The molecular formula is C17H15N5OS. The monoisotopic (exact) mass is 337 g/mol. The van der Waals surface area contributed by atoms with Crippen molar-refractivity contribution in [3.05, 3.63) is 47.3 Å². The number of nitrogens with two attached hydrogens (primary N) is 1. The predicted octanol–water partition coefficient (Wildman–Crippen LogP) is 3.16. The fraction of sp³-hybridized carbons (Fsp3) is 0.176. The highest BCUT2D eigenvalue weighted by atomic mass is 32.1. The van der Waals surface area contributed by atoms with Gasteiger partial charge >= 0.3 is 6.03 Å². The smallest absolute Gasteiger partial charge is 0.318 e. The van der Waals surface area contributed by atoms with Gasteiger partial charge in [-0.3, -0.25) is 5.32 Å². The van der Waals surface area contributed by atoms with Crippen LogP contribution in [-0.4, -0.2) is 21.0 Å². The molecule has 0 aliphatic heterocycles. The summed E-state index contributed by atoms with van der Waals surface area (Å²) in [6, 6.07) is 7.45. The van der Waals surface area contributed by atoms with E-state index >= 15 is 0 Å². The number of amides is 2. The van der Waals surface area contributed by atoms with Crippen LogP contribution in [-0.2, 0) is 12.8 Å². The summed E-state index contributed by atoms with van der Waals surface area (Å²) in [5.41, 5.74) is 10.3. The summed E-state index contributed by atoms with van der Waals surface area (Å²) in [6.45, 7) is 2.05. The predicted molar refractivity (Wildman–Crippen MR) is 93.9 cm³/mol. The Bertz CT molecular complexity index is 950.